The van der Waals surface area contributed by atoms with Crippen molar-refractivity contribution in [3.05, 3.63) is 54.1 Å². The molecule has 0 aromatic heterocycles. The quantitative estimate of drug-likeness (QED) is 0.754. The summed E-state index contributed by atoms with van der Waals surface area (Å²) in [5, 5.41) is 16.1. The molecule has 108 valence electrons. The molecule has 2 aromatic carbocycles. The fraction of sp³-hybridized carbons (Fsp3) is 0.125. The molecule has 5 nitrogen and oxygen atoms in total. The van der Waals surface area contributed by atoms with Crippen LogP contribution in [-0.2, 0) is 0 Å². The Labute approximate surface area is 122 Å². The molecule has 5 heteroatoms. The normalized spacial score (nSPS) is 10.1. The summed E-state index contributed by atoms with van der Waals surface area (Å²) in [6, 6.07) is 10.1. The lowest BCUT2D eigenvalue weighted by Gasteiger charge is -2.11. The lowest BCUT2D eigenvalue weighted by atomic mass is 10.0. The summed E-state index contributed by atoms with van der Waals surface area (Å²) in [5.41, 5.74) is 1.13. The SMILES string of the molecule is C=C(C)CNC(=O)Nc1cc2ccccc2cc1C(=O)O. The maximum absolute atomic E-state index is 11.8. The summed E-state index contributed by atoms with van der Waals surface area (Å²) >= 11 is 0. The third kappa shape index (κ3) is 3.60. The molecule has 2 amide bonds. The van der Waals surface area contributed by atoms with Crippen LogP contribution in [0.25, 0.3) is 10.8 Å². The third-order valence-corrected chi connectivity index (χ3v) is 2.92. The number of aromatic carboxylic acids is 1. The van der Waals surface area contributed by atoms with Crippen LogP contribution in [0, 0.1) is 0 Å². The predicted octanol–water partition coefficient (Wildman–Crippen LogP) is 3.24. The van der Waals surface area contributed by atoms with E-state index in [2.05, 4.69) is 17.2 Å². The van der Waals surface area contributed by atoms with Crippen LogP contribution >= 0.6 is 0 Å². The van der Waals surface area contributed by atoms with Crippen LogP contribution in [0.3, 0.4) is 0 Å². The number of carbonyl (C=O) groups is 2. The van der Waals surface area contributed by atoms with Gasteiger partial charge in [-0.1, -0.05) is 36.4 Å². The first kappa shape index (κ1) is 14.6. The van der Waals surface area contributed by atoms with Crippen molar-refractivity contribution >= 4 is 28.5 Å². The van der Waals surface area contributed by atoms with Gasteiger partial charge < -0.3 is 15.7 Å². The molecule has 0 aliphatic carbocycles. The van der Waals surface area contributed by atoms with Gasteiger partial charge in [-0.2, -0.15) is 0 Å². The number of carboxylic acids is 1. The Hall–Kier alpha value is -2.82. The Morgan fingerprint density at radius 3 is 2.38 bits per heavy atom. The molecule has 2 aromatic rings. The van der Waals surface area contributed by atoms with Crippen molar-refractivity contribution in [1.29, 1.82) is 0 Å². The second-order valence-corrected chi connectivity index (χ2v) is 4.81. The monoisotopic (exact) mass is 284 g/mol. The van der Waals surface area contributed by atoms with Crippen LogP contribution in [0.1, 0.15) is 17.3 Å². The van der Waals surface area contributed by atoms with E-state index in [-0.39, 0.29) is 11.3 Å². The summed E-state index contributed by atoms with van der Waals surface area (Å²) in [6.07, 6.45) is 0. The van der Waals surface area contributed by atoms with Gasteiger partial charge in [-0.05, 0) is 29.8 Å². The summed E-state index contributed by atoms with van der Waals surface area (Å²) in [4.78, 5) is 23.1. The van der Waals surface area contributed by atoms with E-state index in [0.717, 1.165) is 16.3 Å². The van der Waals surface area contributed by atoms with Gasteiger partial charge in [0.25, 0.3) is 0 Å². The first-order chi connectivity index (χ1) is 9.97. The number of benzene rings is 2. The minimum atomic E-state index is -1.09. The Kier molecular flexibility index (Phi) is 4.23. The van der Waals surface area contributed by atoms with E-state index < -0.39 is 12.0 Å². The summed E-state index contributed by atoms with van der Waals surface area (Å²) < 4.78 is 0. The molecular formula is C16H16N2O3. The molecule has 0 fully saturated rings. The number of fused-ring (bicyclic) bond motifs is 1. The van der Waals surface area contributed by atoms with Gasteiger partial charge in [0.15, 0.2) is 0 Å². The molecule has 0 bridgehead atoms. The molecule has 0 heterocycles. The van der Waals surface area contributed by atoms with Crippen molar-refractivity contribution in [3.63, 3.8) is 0 Å². The zero-order chi connectivity index (χ0) is 15.4. The van der Waals surface area contributed by atoms with Gasteiger partial charge in [0.1, 0.15) is 0 Å². The minimum absolute atomic E-state index is 0.0548. The molecular weight excluding hydrogens is 268 g/mol. The highest BCUT2D eigenvalue weighted by Gasteiger charge is 2.13. The minimum Gasteiger partial charge on any atom is -0.478 e. The number of carbonyl (C=O) groups excluding carboxylic acids is 1. The molecule has 0 aliphatic rings. The van der Waals surface area contributed by atoms with Crippen LogP contribution in [0.15, 0.2) is 48.6 Å². The van der Waals surface area contributed by atoms with Crippen molar-refractivity contribution in [2.24, 2.45) is 0 Å². The van der Waals surface area contributed by atoms with Crippen molar-refractivity contribution in [2.75, 3.05) is 11.9 Å². The van der Waals surface area contributed by atoms with E-state index in [4.69, 9.17) is 0 Å². The van der Waals surface area contributed by atoms with Gasteiger partial charge in [-0.15, -0.1) is 0 Å². The van der Waals surface area contributed by atoms with Crippen molar-refractivity contribution in [3.8, 4) is 0 Å². The second-order valence-electron chi connectivity index (χ2n) is 4.81. The van der Waals surface area contributed by atoms with Gasteiger partial charge in [-0.25, -0.2) is 9.59 Å². The van der Waals surface area contributed by atoms with E-state index in [0.29, 0.717) is 6.54 Å². The molecule has 3 N–H and O–H groups in total. The molecule has 0 saturated carbocycles. The number of nitrogens with one attached hydrogen (secondary N) is 2. The Bertz CT molecular complexity index is 723. The number of amides is 2. The van der Waals surface area contributed by atoms with Crippen molar-refractivity contribution in [2.45, 2.75) is 6.92 Å². The van der Waals surface area contributed by atoms with Crippen LogP contribution in [0.4, 0.5) is 10.5 Å². The number of hydrogen-bond acceptors (Lipinski definition) is 2. The Morgan fingerprint density at radius 2 is 1.81 bits per heavy atom. The van der Waals surface area contributed by atoms with E-state index in [1.165, 1.54) is 0 Å². The highest BCUT2D eigenvalue weighted by atomic mass is 16.4. The lowest BCUT2D eigenvalue weighted by molar-refractivity contribution is 0.0698. The van der Waals surface area contributed by atoms with Gasteiger partial charge in [0.05, 0.1) is 11.3 Å². The van der Waals surface area contributed by atoms with Crippen LogP contribution < -0.4 is 10.6 Å². The largest absolute Gasteiger partial charge is 0.478 e. The number of urea groups is 1. The number of anilines is 1. The Balaban J connectivity index is 2.32. The van der Waals surface area contributed by atoms with E-state index >= 15 is 0 Å². The number of rotatable bonds is 4. The first-order valence-corrected chi connectivity index (χ1v) is 6.42. The fourth-order valence-electron chi connectivity index (χ4n) is 1.92. The van der Waals surface area contributed by atoms with Crippen LogP contribution in [0.2, 0.25) is 0 Å². The topological polar surface area (TPSA) is 78.4 Å². The predicted molar refractivity (Wildman–Crippen MR) is 82.7 cm³/mol. The summed E-state index contributed by atoms with van der Waals surface area (Å²) in [7, 11) is 0. The standard InChI is InChI=1S/C16H16N2O3/c1-10(2)9-17-16(21)18-14-8-12-6-4-3-5-11(12)7-13(14)15(19)20/h3-8H,1,9H2,2H3,(H,19,20)(H2,17,18,21). The molecule has 0 spiro atoms. The smallest absolute Gasteiger partial charge is 0.337 e. The summed E-state index contributed by atoms with van der Waals surface area (Å²) in [5.74, 6) is -1.09. The van der Waals surface area contributed by atoms with Crippen molar-refractivity contribution in [1.82, 2.24) is 5.32 Å². The number of carboxylic acid groups (broad SMARTS) is 1. The Morgan fingerprint density at radius 1 is 1.19 bits per heavy atom. The highest BCUT2D eigenvalue weighted by molar-refractivity contribution is 6.04. The molecule has 21 heavy (non-hydrogen) atoms. The fourth-order valence-corrected chi connectivity index (χ4v) is 1.92. The van der Waals surface area contributed by atoms with Gasteiger partial charge in [-0.3, -0.25) is 0 Å². The van der Waals surface area contributed by atoms with Crippen LogP contribution in [-0.4, -0.2) is 23.7 Å². The van der Waals surface area contributed by atoms with E-state index in [9.17, 15) is 14.7 Å². The average molecular weight is 284 g/mol. The van der Waals surface area contributed by atoms with Gasteiger partial charge in [0, 0.05) is 6.54 Å². The molecule has 0 unspecified atom stereocenters. The van der Waals surface area contributed by atoms with E-state index in [1.54, 1.807) is 19.1 Å². The molecule has 0 saturated heterocycles. The number of hydrogen-bond donors (Lipinski definition) is 3. The van der Waals surface area contributed by atoms with Gasteiger partial charge >= 0.3 is 12.0 Å². The molecule has 0 radical (unpaired) electrons. The first-order valence-electron chi connectivity index (χ1n) is 6.42. The molecule has 0 atom stereocenters. The zero-order valence-corrected chi connectivity index (χ0v) is 11.6. The van der Waals surface area contributed by atoms with Crippen molar-refractivity contribution < 1.29 is 14.7 Å². The third-order valence-electron chi connectivity index (χ3n) is 2.92. The zero-order valence-electron chi connectivity index (χ0n) is 11.6. The average Bonchev–Trinajstić information content (AvgIpc) is 2.44. The van der Waals surface area contributed by atoms with Gasteiger partial charge in [0.2, 0.25) is 0 Å². The molecule has 0 aliphatic heterocycles. The maximum atomic E-state index is 11.8. The second kappa shape index (κ2) is 6.09. The maximum Gasteiger partial charge on any atom is 0.337 e. The van der Waals surface area contributed by atoms with E-state index in [1.807, 2.05) is 24.3 Å². The highest BCUT2D eigenvalue weighted by Crippen LogP contribution is 2.24. The molecule has 2 rings (SSSR count). The lowest BCUT2D eigenvalue weighted by Crippen LogP contribution is -2.30. The van der Waals surface area contributed by atoms with Crippen LogP contribution in [0.5, 0.6) is 0 Å². The summed E-state index contributed by atoms with van der Waals surface area (Å²) in [6.45, 7) is 5.81.